The van der Waals surface area contributed by atoms with Gasteiger partial charge in [-0.3, -0.25) is 0 Å². The molecule has 0 aromatic carbocycles. The molecule has 29 heavy (non-hydrogen) atoms. The maximum Gasteiger partial charge on any atom is 0.0795 e. The van der Waals surface area contributed by atoms with E-state index in [-0.39, 0.29) is 0 Å². The Balaban J connectivity index is 1.49. The summed E-state index contributed by atoms with van der Waals surface area (Å²) in [4.78, 5) is 0. The van der Waals surface area contributed by atoms with Crippen LogP contribution < -0.4 is 0 Å². The Morgan fingerprint density at radius 1 is 1.00 bits per heavy atom. The molecular weight excluding hydrogens is 354 g/mol. The third-order valence-corrected chi connectivity index (χ3v) is 10.3. The van der Waals surface area contributed by atoms with Gasteiger partial charge in [-0.05, 0) is 104 Å². The smallest absolute Gasteiger partial charge is 0.0795 e. The van der Waals surface area contributed by atoms with E-state index in [0.29, 0.717) is 10.8 Å². The van der Waals surface area contributed by atoms with E-state index >= 15 is 0 Å². The summed E-state index contributed by atoms with van der Waals surface area (Å²) in [6.45, 7) is 12.5. The highest BCUT2D eigenvalue weighted by molar-refractivity contribution is 5.96. The van der Waals surface area contributed by atoms with Gasteiger partial charge >= 0.3 is 0 Å². The summed E-state index contributed by atoms with van der Waals surface area (Å²) >= 11 is 0. The maximum atomic E-state index is 9.27. The van der Waals surface area contributed by atoms with Crippen molar-refractivity contribution in [3.05, 3.63) is 11.6 Å². The van der Waals surface area contributed by atoms with Crippen LogP contribution in [0.2, 0.25) is 0 Å². The van der Waals surface area contributed by atoms with Gasteiger partial charge in [0.25, 0.3) is 0 Å². The fourth-order valence-electron chi connectivity index (χ4n) is 8.67. The molecule has 7 atom stereocenters. The summed E-state index contributed by atoms with van der Waals surface area (Å²) in [5.74, 6) is 5.43. The van der Waals surface area contributed by atoms with Crippen LogP contribution >= 0.6 is 0 Å². The molecule has 4 aliphatic rings. The quantitative estimate of drug-likeness (QED) is 0.370. The van der Waals surface area contributed by atoms with Crippen LogP contribution in [0.1, 0.15) is 105 Å². The number of hydrogen-bond acceptors (Lipinski definition) is 2. The van der Waals surface area contributed by atoms with Gasteiger partial charge < -0.3 is 5.21 Å². The van der Waals surface area contributed by atoms with Crippen LogP contribution in [0, 0.1) is 46.3 Å². The minimum atomic E-state index is 0.361. The van der Waals surface area contributed by atoms with Gasteiger partial charge in [-0.25, -0.2) is 0 Å². The molecule has 4 aliphatic carbocycles. The van der Waals surface area contributed by atoms with Crippen molar-refractivity contribution >= 4 is 5.71 Å². The Bertz CT molecular complexity index is 663. The highest BCUT2D eigenvalue weighted by Crippen LogP contribution is 2.67. The molecule has 0 amide bonds. The molecule has 164 valence electrons. The predicted molar refractivity (Wildman–Crippen MR) is 122 cm³/mol. The molecule has 1 N–H and O–H groups in total. The van der Waals surface area contributed by atoms with E-state index in [2.05, 4.69) is 45.9 Å². The van der Waals surface area contributed by atoms with Crippen molar-refractivity contribution in [2.45, 2.75) is 105 Å². The van der Waals surface area contributed by atoms with E-state index in [9.17, 15) is 5.21 Å². The monoisotopic (exact) mass is 399 g/mol. The zero-order chi connectivity index (χ0) is 20.8. The molecule has 3 saturated carbocycles. The Morgan fingerprint density at radius 2 is 1.79 bits per heavy atom. The Kier molecular flexibility index (Phi) is 5.95. The van der Waals surface area contributed by atoms with Gasteiger partial charge in [0.05, 0.1) is 5.71 Å². The van der Waals surface area contributed by atoms with Crippen molar-refractivity contribution < 1.29 is 5.21 Å². The van der Waals surface area contributed by atoms with Gasteiger partial charge in [0.2, 0.25) is 0 Å². The minimum Gasteiger partial charge on any atom is -0.411 e. The van der Waals surface area contributed by atoms with Crippen molar-refractivity contribution in [2.24, 2.45) is 51.5 Å². The van der Waals surface area contributed by atoms with Gasteiger partial charge in [0, 0.05) is 0 Å². The largest absolute Gasteiger partial charge is 0.411 e. The molecule has 0 aliphatic heterocycles. The third-order valence-electron chi connectivity index (χ3n) is 10.3. The fourth-order valence-corrected chi connectivity index (χ4v) is 8.67. The van der Waals surface area contributed by atoms with Gasteiger partial charge in [-0.15, -0.1) is 0 Å². The summed E-state index contributed by atoms with van der Waals surface area (Å²) in [5, 5.41) is 12.8. The standard InChI is InChI=1S/C27H45NO/c1-18(2)7-6-8-19(3)23-11-12-24-22-10-9-20-17-21(28-29)13-15-26(20,4)25(22)14-16-27(23,24)5/h17-19,22-25,29H,6-16H2,1-5H3/b28-21+/t19-,22+,23-,24+,25+,26+,27?/m0/s1. The third kappa shape index (κ3) is 3.61. The summed E-state index contributed by atoms with van der Waals surface area (Å²) in [7, 11) is 0. The first-order valence-electron chi connectivity index (χ1n) is 12.7. The van der Waals surface area contributed by atoms with Crippen molar-refractivity contribution in [3.8, 4) is 0 Å². The molecule has 0 bridgehead atoms. The Morgan fingerprint density at radius 3 is 2.52 bits per heavy atom. The first-order valence-corrected chi connectivity index (χ1v) is 12.7. The lowest BCUT2D eigenvalue weighted by Crippen LogP contribution is -2.51. The first-order chi connectivity index (χ1) is 13.8. The van der Waals surface area contributed by atoms with Crippen molar-refractivity contribution in [1.29, 1.82) is 0 Å². The summed E-state index contributed by atoms with van der Waals surface area (Å²) in [6, 6.07) is 0. The number of rotatable bonds is 5. The fraction of sp³-hybridized carbons (Fsp3) is 0.889. The van der Waals surface area contributed by atoms with Crippen LogP contribution in [0.3, 0.4) is 0 Å². The molecule has 2 heteroatoms. The molecule has 4 rings (SSSR count). The molecule has 0 aromatic rings. The molecule has 0 radical (unpaired) electrons. The number of fused-ring (bicyclic) bond motifs is 5. The molecule has 0 aromatic heterocycles. The van der Waals surface area contributed by atoms with Crippen molar-refractivity contribution in [3.63, 3.8) is 0 Å². The molecule has 1 unspecified atom stereocenters. The highest BCUT2D eigenvalue weighted by atomic mass is 16.4. The normalized spacial score (nSPS) is 44.2. The Hall–Kier alpha value is -0.790. The van der Waals surface area contributed by atoms with Gasteiger partial charge in [-0.1, -0.05) is 64.6 Å². The van der Waals surface area contributed by atoms with Gasteiger partial charge in [-0.2, -0.15) is 0 Å². The van der Waals surface area contributed by atoms with Crippen LogP contribution in [0.25, 0.3) is 0 Å². The van der Waals surface area contributed by atoms with Gasteiger partial charge in [0.15, 0.2) is 0 Å². The van der Waals surface area contributed by atoms with Crippen LogP contribution in [0.15, 0.2) is 16.8 Å². The Labute approximate surface area is 179 Å². The van der Waals surface area contributed by atoms with Crippen LogP contribution in [-0.2, 0) is 0 Å². The SMILES string of the molecule is CC(C)CCC[C@H](C)[C@@H]1CC[C@@H]2[C@H]3CCC4=C/C(=N/O)CC[C@@]4(C)[C@@H]3CCC21C. The lowest BCUT2D eigenvalue weighted by molar-refractivity contribution is -0.0574. The molecule has 0 heterocycles. The van der Waals surface area contributed by atoms with E-state index in [4.69, 9.17) is 0 Å². The second-order valence-electron chi connectivity index (χ2n) is 12.1. The summed E-state index contributed by atoms with van der Waals surface area (Å²) < 4.78 is 0. The minimum absolute atomic E-state index is 0.361. The highest BCUT2D eigenvalue weighted by Gasteiger charge is 2.59. The van der Waals surface area contributed by atoms with Crippen molar-refractivity contribution in [2.75, 3.05) is 0 Å². The maximum absolute atomic E-state index is 9.27. The number of nitrogens with zero attached hydrogens (tertiary/aromatic N) is 1. The first kappa shape index (κ1) is 21.4. The number of hydrogen-bond donors (Lipinski definition) is 1. The molecule has 0 saturated heterocycles. The second-order valence-corrected chi connectivity index (χ2v) is 12.1. The predicted octanol–water partition coefficient (Wildman–Crippen LogP) is 7.86. The summed E-state index contributed by atoms with van der Waals surface area (Å²) in [5.41, 5.74) is 3.45. The topological polar surface area (TPSA) is 32.6 Å². The van der Waals surface area contributed by atoms with E-state index in [1.54, 1.807) is 5.57 Å². The second kappa shape index (κ2) is 8.04. The van der Waals surface area contributed by atoms with Crippen LogP contribution in [0.5, 0.6) is 0 Å². The zero-order valence-corrected chi connectivity index (χ0v) is 19.7. The molecule has 3 fully saturated rings. The molecular formula is C27H45NO. The van der Waals surface area contributed by atoms with Crippen LogP contribution in [0.4, 0.5) is 0 Å². The average molecular weight is 400 g/mol. The lowest BCUT2D eigenvalue weighted by atomic mass is 9.46. The lowest BCUT2D eigenvalue weighted by Gasteiger charge is -2.58. The van der Waals surface area contributed by atoms with Crippen molar-refractivity contribution in [1.82, 2.24) is 0 Å². The van der Waals surface area contributed by atoms with Gasteiger partial charge in [0.1, 0.15) is 0 Å². The summed E-state index contributed by atoms with van der Waals surface area (Å²) in [6.07, 6.45) is 17.1. The average Bonchev–Trinajstić information content (AvgIpc) is 3.04. The number of oxime groups is 1. The van der Waals surface area contributed by atoms with E-state index in [1.807, 2.05) is 0 Å². The van der Waals surface area contributed by atoms with E-state index < -0.39 is 0 Å². The van der Waals surface area contributed by atoms with E-state index in [1.165, 1.54) is 64.2 Å². The molecule has 2 nitrogen and oxygen atoms in total. The van der Waals surface area contributed by atoms with Crippen LogP contribution in [-0.4, -0.2) is 10.9 Å². The number of allylic oxidation sites excluding steroid dienone is 2. The molecule has 0 spiro atoms. The van der Waals surface area contributed by atoms with E-state index in [0.717, 1.165) is 47.6 Å². The zero-order valence-electron chi connectivity index (χ0n) is 19.7.